The van der Waals surface area contributed by atoms with Gasteiger partial charge in [0.15, 0.2) is 0 Å². The van der Waals surface area contributed by atoms with E-state index in [0.717, 1.165) is 6.42 Å². The van der Waals surface area contributed by atoms with E-state index in [1.807, 2.05) is 6.92 Å². The van der Waals surface area contributed by atoms with Gasteiger partial charge in [-0.25, -0.2) is 0 Å². The molecule has 1 fully saturated rings. The Morgan fingerprint density at radius 3 is 2.41 bits per heavy atom. The Labute approximate surface area is 103 Å². The van der Waals surface area contributed by atoms with Crippen LogP contribution in [0.5, 0.6) is 0 Å². The Hall–Kier alpha value is -0.900. The highest BCUT2D eigenvalue weighted by atomic mass is 16.5. The molecule has 4 heteroatoms. The lowest BCUT2D eigenvalue weighted by Crippen LogP contribution is -2.41. The molecule has 1 aliphatic heterocycles. The van der Waals surface area contributed by atoms with Gasteiger partial charge in [0.25, 0.3) is 0 Å². The van der Waals surface area contributed by atoms with E-state index in [4.69, 9.17) is 4.74 Å². The summed E-state index contributed by atoms with van der Waals surface area (Å²) in [6, 6.07) is 0. The summed E-state index contributed by atoms with van der Waals surface area (Å²) in [5.41, 5.74) is 0. The number of rotatable bonds is 5. The molecule has 98 valence electrons. The molecule has 0 aliphatic carbocycles. The highest BCUT2D eigenvalue weighted by molar-refractivity contribution is 5.83. The Kier molecular flexibility index (Phi) is 5.62. The van der Waals surface area contributed by atoms with E-state index in [0.29, 0.717) is 31.8 Å². The summed E-state index contributed by atoms with van der Waals surface area (Å²) in [5, 5.41) is 0. The number of piperidine rings is 1. The van der Waals surface area contributed by atoms with Gasteiger partial charge in [-0.3, -0.25) is 9.59 Å². The predicted octanol–water partition coefficient (Wildman–Crippen LogP) is 1.63. The molecule has 0 aromatic heterocycles. The SMILES string of the molecule is CC(C)CC(C)OCC(=O)N1CCC(=O)CC1. The van der Waals surface area contributed by atoms with Gasteiger partial charge in [0.2, 0.25) is 5.91 Å². The Morgan fingerprint density at radius 1 is 1.29 bits per heavy atom. The molecule has 1 aliphatic rings. The molecule has 1 heterocycles. The van der Waals surface area contributed by atoms with Crippen molar-refractivity contribution < 1.29 is 14.3 Å². The lowest BCUT2D eigenvalue weighted by Gasteiger charge is -2.26. The minimum absolute atomic E-state index is 0.00751. The van der Waals surface area contributed by atoms with Crippen molar-refractivity contribution in [3.63, 3.8) is 0 Å². The number of hydrogen-bond donors (Lipinski definition) is 0. The number of carbonyl (C=O) groups excluding carboxylic acids is 2. The van der Waals surface area contributed by atoms with Crippen molar-refractivity contribution in [1.29, 1.82) is 0 Å². The predicted molar refractivity (Wildman–Crippen MR) is 65.7 cm³/mol. The Balaban J connectivity index is 2.22. The zero-order valence-electron chi connectivity index (χ0n) is 11.1. The molecule has 0 bridgehead atoms. The molecule has 0 aromatic carbocycles. The smallest absolute Gasteiger partial charge is 0.248 e. The van der Waals surface area contributed by atoms with Crippen LogP contribution in [0.3, 0.4) is 0 Å². The first kappa shape index (κ1) is 14.2. The summed E-state index contributed by atoms with van der Waals surface area (Å²) in [6.45, 7) is 7.52. The second-order valence-corrected chi connectivity index (χ2v) is 5.17. The third-order valence-corrected chi connectivity index (χ3v) is 2.97. The molecule has 0 aromatic rings. The van der Waals surface area contributed by atoms with Gasteiger partial charge in [0.1, 0.15) is 12.4 Å². The van der Waals surface area contributed by atoms with Crippen LogP contribution in [0.4, 0.5) is 0 Å². The lowest BCUT2D eigenvalue weighted by atomic mass is 10.1. The van der Waals surface area contributed by atoms with E-state index < -0.39 is 0 Å². The van der Waals surface area contributed by atoms with Crippen molar-refractivity contribution in [2.45, 2.75) is 46.1 Å². The molecule has 1 amide bonds. The maximum absolute atomic E-state index is 11.8. The molecule has 0 radical (unpaired) electrons. The van der Waals surface area contributed by atoms with Crippen molar-refractivity contribution in [2.75, 3.05) is 19.7 Å². The minimum atomic E-state index is 0.00751. The summed E-state index contributed by atoms with van der Waals surface area (Å²) >= 11 is 0. The number of Topliss-reactive ketones (excluding diaryl/α,β-unsaturated/α-hetero) is 1. The fraction of sp³-hybridized carbons (Fsp3) is 0.846. The minimum Gasteiger partial charge on any atom is -0.369 e. The van der Waals surface area contributed by atoms with Crippen LogP contribution in [0.2, 0.25) is 0 Å². The number of hydrogen-bond acceptors (Lipinski definition) is 3. The number of ketones is 1. The molecule has 1 atom stereocenters. The second kappa shape index (κ2) is 6.74. The molecular formula is C13H23NO3. The molecular weight excluding hydrogens is 218 g/mol. The van der Waals surface area contributed by atoms with Crippen molar-refractivity contribution in [2.24, 2.45) is 5.92 Å². The number of amides is 1. The largest absolute Gasteiger partial charge is 0.369 e. The Morgan fingerprint density at radius 2 is 1.88 bits per heavy atom. The molecule has 0 spiro atoms. The lowest BCUT2D eigenvalue weighted by molar-refractivity contribution is -0.140. The fourth-order valence-corrected chi connectivity index (χ4v) is 2.04. The van der Waals surface area contributed by atoms with Crippen molar-refractivity contribution >= 4 is 11.7 Å². The molecule has 0 N–H and O–H groups in total. The van der Waals surface area contributed by atoms with Crippen LogP contribution in [0, 0.1) is 5.92 Å². The summed E-state index contributed by atoms with van der Waals surface area (Å²) in [4.78, 5) is 24.6. The van der Waals surface area contributed by atoms with E-state index in [2.05, 4.69) is 13.8 Å². The maximum atomic E-state index is 11.8. The first-order valence-electron chi connectivity index (χ1n) is 6.40. The van der Waals surface area contributed by atoms with E-state index in [1.165, 1.54) is 0 Å². The van der Waals surface area contributed by atoms with Crippen LogP contribution in [0.25, 0.3) is 0 Å². The maximum Gasteiger partial charge on any atom is 0.248 e. The van der Waals surface area contributed by atoms with E-state index in [1.54, 1.807) is 4.90 Å². The molecule has 1 rings (SSSR count). The van der Waals surface area contributed by atoms with Gasteiger partial charge >= 0.3 is 0 Å². The molecule has 17 heavy (non-hydrogen) atoms. The molecule has 1 unspecified atom stereocenters. The molecule has 4 nitrogen and oxygen atoms in total. The first-order chi connectivity index (χ1) is 7.99. The average Bonchev–Trinajstić information content (AvgIpc) is 2.26. The number of nitrogens with zero attached hydrogens (tertiary/aromatic N) is 1. The van der Waals surface area contributed by atoms with Crippen LogP contribution < -0.4 is 0 Å². The van der Waals surface area contributed by atoms with Crippen LogP contribution >= 0.6 is 0 Å². The van der Waals surface area contributed by atoms with Gasteiger partial charge in [-0.1, -0.05) is 13.8 Å². The zero-order chi connectivity index (χ0) is 12.8. The molecule has 1 saturated heterocycles. The summed E-state index contributed by atoms with van der Waals surface area (Å²) in [5.74, 6) is 0.837. The number of carbonyl (C=O) groups is 2. The van der Waals surface area contributed by atoms with E-state index in [-0.39, 0.29) is 24.4 Å². The normalized spacial score (nSPS) is 18.6. The second-order valence-electron chi connectivity index (χ2n) is 5.17. The highest BCUT2D eigenvalue weighted by Crippen LogP contribution is 2.09. The van der Waals surface area contributed by atoms with Crippen molar-refractivity contribution in [3.05, 3.63) is 0 Å². The standard InChI is InChI=1S/C13H23NO3/c1-10(2)8-11(3)17-9-13(16)14-6-4-12(15)5-7-14/h10-11H,4-9H2,1-3H3. The average molecular weight is 241 g/mol. The van der Waals surface area contributed by atoms with E-state index in [9.17, 15) is 9.59 Å². The number of likely N-dealkylation sites (tertiary alicyclic amines) is 1. The summed E-state index contributed by atoms with van der Waals surface area (Å²) < 4.78 is 5.52. The quantitative estimate of drug-likeness (QED) is 0.735. The van der Waals surface area contributed by atoms with E-state index >= 15 is 0 Å². The summed E-state index contributed by atoms with van der Waals surface area (Å²) in [7, 11) is 0. The van der Waals surface area contributed by atoms with Gasteiger partial charge in [0.05, 0.1) is 6.10 Å². The topological polar surface area (TPSA) is 46.6 Å². The van der Waals surface area contributed by atoms with Crippen LogP contribution in [-0.2, 0) is 14.3 Å². The fourth-order valence-electron chi connectivity index (χ4n) is 2.04. The Bertz CT molecular complexity index is 266. The third kappa shape index (κ3) is 5.31. The van der Waals surface area contributed by atoms with Crippen LogP contribution in [-0.4, -0.2) is 42.4 Å². The van der Waals surface area contributed by atoms with Crippen molar-refractivity contribution in [3.8, 4) is 0 Å². The highest BCUT2D eigenvalue weighted by Gasteiger charge is 2.21. The van der Waals surface area contributed by atoms with Gasteiger partial charge in [-0.2, -0.15) is 0 Å². The van der Waals surface area contributed by atoms with Crippen LogP contribution in [0.15, 0.2) is 0 Å². The van der Waals surface area contributed by atoms with Gasteiger partial charge in [-0.15, -0.1) is 0 Å². The number of ether oxygens (including phenoxy) is 1. The monoisotopic (exact) mass is 241 g/mol. The molecule has 0 saturated carbocycles. The van der Waals surface area contributed by atoms with Gasteiger partial charge in [-0.05, 0) is 19.3 Å². The van der Waals surface area contributed by atoms with Gasteiger partial charge < -0.3 is 9.64 Å². The van der Waals surface area contributed by atoms with Crippen molar-refractivity contribution in [1.82, 2.24) is 4.90 Å². The third-order valence-electron chi connectivity index (χ3n) is 2.97. The first-order valence-corrected chi connectivity index (χ1v) is 6.40. The van der Waals surface area contributed by atoms with Crippen LogP contribution in [0.1, 0.15) is 40.0 Å². The van der Waals surface area contributed by atoms with Gasteiger partial charge in [0, 0.05) is 25.9 Å². The summed E-state index contributed by atoms with van der Waals surface area (Å²) in [6.07, 6.45) is 2.07. The zero-order valence-corrected chi connectivity index (χ0v) is 11.1.